The first-order chi connectivity index (χ1) is 14.7. The van der Waals surface area contributed by atoms with Gasteiger partial charge < -0.3 is 24.3 Å². The number of hydrogen-bond donors (Lipinski definition) is 1. The van der Waals surface area contributed by atoms with E-state index < -0.39 is 0 Å². The minimum absolute atomic E-state index is 0.0959. The zero-order valence-electron chi connectivity index (χ0n) is 17.5. The minimum atomic E-state index is -0.0959. The van der Waals surface area contributed by atoms with Crippen molar-refractivity contribution in [2.24, 2.45) is 0 Å². The fourth-order valence-electron chi connectivity index (χ4n) is 3.68. The number of nitrogens with one attached hydrogen (secondary N) is 1. The minimum Gasteiger partial charge on any atom is -0.490 e. The third-order valence-corrected chi connectivity index (χ3v) is 5.08. The van der Waals surface area contributed by atoms with Crippen LogP contribution in [0.4, 0.5) is 0 Å². The van der Waals surface area contributed by atoms with Crippen LogP contribution in [0, 0.1) is 0 Å². The van der Waals surface area contributed by atoms with Crippen LogP contribution in [0.5, 0.6) is 23.0 Å². The maximum absolute atomic E-state index is 13.0. The number of benzene rings is 2. The average Bonchev–Trinajstić information content (AvgIpc) is 2.99. The summed E-state index contributed by atoms with van der Waals surface area (Å²) in [5.74, 6) is 2.64. The van der Waals surface area contributed by atoms with Crippen LogP contribution in [-0.4, -0.2) is 38.8 Å². The Morgan fingerprint density at radius 2 is 1.77 bits per heavy atom. The normalized spacial score (nSPS) is 16.3. The maximum Gasteiger partial charge on any atom is 0.188 e. The number of carbonyl (C=O) groups excluding carboxylic acids is 1. The SMILES string of the molecule is CCOc1ccc(C(=O)/C=C2\NCCc3cc4c(cc32)OCCCO4)cc1OCC. The topological polar surface area (TPSA) is 66.0 Å². The lowest BCUT2D eigenvalue weighted by atomic mass is 9.95. The van der Waals surface area contributed by atoms with Gasteiger partial charge in [0.25, 0.3) is 0 Å². The monoisotopic (exact) mass is 409 g/mol. The number of ether oxygens (including phenoxy) is 4. The van der Waals surface area contributed by atoms with E-state index in [-0.39, 0.29) is 5.78 Å². The van der Waals surface area contributed by atoms with E-state index in [0.717, 1.165) is 47.7 Å². The van der Waals surface area contributed by atoms with Crippen molar-refractivity contribution in [2.45, 2.75) is 26.7 Å². The zero-order chi connectivity index (χ0) is 20.9. The Labute approximate surface area is 176 Å². The lowest BCUT2D eigenvalue weighted by Gasteiger charge is -2.23. The van der Waals surface area contributed by atoms with Crippen molar-refractivity contribution in [1.82, 2.24) is 5.32 Å². The Balaban J connectivity index is 1.65. The summed E-state index contributed by atoms with van der Waals surface area (Å²) in [4.78, 5) is 13.0. The maximum atomic E-state index is 13.0. The number of allylic oxidation sites excluding steroid dienone is 1. The zero-order valence-corrected chi connectivity index (χ0v) is 17.5. The highest BCUT2D eigenvalue weighted by atomic mass is 16.5. The second-order valence-electron chi connectivity index (χ2n) is 7.13. The molecular weight excluding hydrogens is 382 g/mol. The Morgan fingerprint density at radius 3 is 2.53 bits per heavy atom. The predicted molar refractivity (Wildman–Crippen MR) is 115 cm³/mol. The smallest absolute Gasteiger partial charge is 0.188 e. The van der Waals surface area contributed by atoms with E-state index in [1.54, 1.807) is 24.3 Å². The van der Waals surface area contributed by atoms with Crippen LogP contribution in [-0.2, 0) is 6.42 Å². The molecule has 30 heavy (non-hydrogen) atoms. The van der Waals surface area contributed by atoms with Gasteiger partial charge in [-0.05, 0) is 56.2 Å². The van der Waals surface area contributed by atoms with Crippen LogP contribution >= 0.6 is 0 Å². The molecule has 0 saturated heterocycles. The van der Waals surface area contributed by atoms with Crippen LogP contribution < -0.4 is 24.3 Å². The standard InChI is InChI=1S/C24H27NO5/c1-3-27-21-7-6-17(13-22(21)28-4-2)20(26)15-19-18-14-24-23(29-10-5-11-30-24)12-16(18)8-9-25-19/h6-7,12-15,25H,3-5,8-11H2,1-2H3/b19-15-. The first-order valence-electron chi connectivity index (χ1n) is 10.5. The molecular formula is C24H27NO5. The van der Waals surface area contributed by atoms with Gasteiger partial charge in [-0.3, -0.25) is 4.79 Å². The molecule has 0 bridgehead atoms. The van der Waals surface area contributed by atoms with Crippen molar-refractivity contribution >= 4 is 11.5 Å². The third kappa shape index (κ3) is 4.22. The largest absolute Gasteiger partial charge is 0.490 e. The predicted octanol–water partition coefficient (Wildman–Crippen LogP) is 4.01. The molecule has 2 heterocycles. The van der Waals surface area contributed by atoms with E-state index in [1.165, 1.54) is 0 Å². The lowest BCUT2D eigenvalue weighted by Crippen LogP contribution is -2.23. The number of fused-ring (bicyclic) bond motifs is 2. The van der Waals surface area contributed by atoms with E-state index in [0.29, 0.717) is 43.5 Å². The fraction of sp³-hybridized carbons (Fsp3) is 0.375. The highest BCUT2D eigenvalue weighted by Gasteiger charge is 2.21. The summed E-state index contributed by atoms with van der Waals surface area (Å²) in [7, 11) is 0. The summed E-state index contributed by atoms with van der Waals surface area (Å²) in [6, 6.07) is 9.31. The Hall–Kier alpha value is -3.15. The van der Waals surface area contributed by atoms with E-state index >= 15 is 0 Å². The van der Waals surface area contributed by atoms with Crippen molar-refractivity contribution < 1.29 is 23.7 Å². The molecule has 2 aliphatic heterocycles. The van der Waals surface area contributed by atoms with Crippen molar-refractivity contribution in [2.75, 3.05) is 33.0 Å². The molecule has 0 aliphatic carbocycles. The molecule has 2 aromatic carbocycles. The highest BCUT2D eigenvalue weighted by molar-refractivity contribution is 6.09. The number of carbonyl (C=O) groups is 1. The van der Waals surface area contributed by atoms with E-state index in [9.17, 15) is 4.79 Å². The van der Waals surface area contributed by atoms with Crippen LogP contribution in [0.1, 0.15) is 41.8 Å². The van der Waals surface area contributed by atoms with Gasteiger partial charge in [-0.15, -0.1) is 0 Å². The number of ketones is 1. The Morgan fingerprint density at radius 1 is 1.03 bits per heavy atom. The average molecular weight is 409 g/mol. The van der Waals surface area contributed by atoms with E-state index in [1.807, 2.05) is 26.0 Å². The van der Waals surface area contributed by atoms with Gasteiger partial charge in [0.15, 0.2) is 28.8 Å². The summed E-state index contributed by atoms with van der Waals surface area (Å²) in [5.41, 5.74) is 3.48. The van der Waals surface area contributed by atoms with Crippen LogP contribution in [0.3, 0.4) is 0 Å². The molecule has 2 aromatic rings. The molecule has 6 nitrogen and oxygen atoms in total. The lowest BCUT2D eigenvalue weighted by molar-refractivity contribution is 0.104. The number of hydrogen-bond acceptors (Lipinski definition) is 6. The third-order valence-electron chi connectivity index (χ3n) is 5.08. The molecule has 0 amide bonds. The van der Waals surface area contributed by atoms with Gasteiger partial charge >= 0.3 is 0 Å². The summed E-state index contributed by atoms with van der Waals surface area (Å²) in [5, 5.41) is 3.36. The Kier molecular flexibility index (Phi) is 6.12. The summed E-state index contributed by atoms with van der Waals surface area (Å²) < 4.78 is 22.9. The van der Waals surface area contributed by atoms with Crippen LogP contribution in [0.2, 0.25) is 0 Å². The molecule has 0 radical (unpaired) electrons. The van der Waals surface area contributed by atoms with E-state index in [4.69, 9.17) is 18.9 Å². The van der Waals surface area contributed by atoms with Crippen molar-refractivity contribution in [3.63, 3.8) is 0 Å². The van der Waals surface area contributed by atoms with Gasteiger partial charge in [-0.2, -0.15) is 0 Å². The van der Waals surface area contributed by atoms with Crippen molar-refractivity contribution in [3.05, 3.63) is 53.1 Å². The first-order valence-corrected chi connectivity index (χ1v) is 10.5. The number of rotatable bonds is 6. The van der Waals surface area contributed by atoms with E-state index in [2.05, 4.69) is 5.32 Å². The second-order valence-corrected chi connectivity index (χ2v) is 7.13. The van der Waals surface area contributed by atoms with Crippen molar-refractivity contribution in [3.8, 4) is 23.0 Å². The molecule has 4 rings (SSSR count). The quantitative estimate of drug-likeness (QED) is 0.574. The molecule has 158 valence electrons. The molecule has 0 atom stereocenters. The molecule has 0 aromatic heterocycles. The van der Waals surface area contributed by atoms with Gasteiger partial charge in [0, 0.05) is 35.9 Å². The molecule has 0 fully saturated rings. The van der Waals surface area contributed by atoms with Crippen LogP contribution in [0.25, 0.3) is 5.70 Å². The summed E-state index contributed by atoms with van der Waals surface area (Å²) >= 11 is 0. The van der Waals surface area contributed by atoms with Crippen LogP contribution in [0.15, 0.2) is 36.4 Å². The molecule has 2 aliphatic rings. The van der Waals surface area contributed by atoms with Gasteiger partial charge in [-0.25, -0.2) is 0 Å². The van der Waals surface area contributed by atoms with Gasteiger partial charge in [0.2, 0.25) is 0 Å². The van der Waals surface area contributed by atoms with Gasteiger partial charge in [0.05, 0.1) is 26.4 Å². The molecule has 0 spiro atoms. The molecule has 6 heteroatoms. The van der Waals surface area contributed by atoms with Crippen molar-refractivity contribution in [1.29, 1.82) is 0 Å². The molecule has 0 unspecified atom stereocenters. The molecule has 0 saturated carbocycles. The second kappa shape index (κ2) is 9.11. The Bertz CT molecular complexity index is 966. The summed E-state index contributed by atoms with van der Waals surface area (Å²) in [6.45, 7) is 6.91. The summed E-state index contributed by atoms with van der Waals surface area (Å²) in [6.07, 6.45) is 3.38. The first kappa shape index (κ1) is 20.1. The highest BCUT2D eigenvalue weighted by Crippen LogP contribution is 2.37. The molecule has 1 N–H and O–H groups in total. The van der Waals surface area contributed by atoms with Gasteiger partial charge in [-0.1, -0.05) is 0 Å². The van der Waals surface area contributed by atoms with Gasteiger partial charge in [0.1, 0.15) is 0 Å². The fourth-order valence-corrected chi connectivity index (χ4v) is 3.68.